The van der Waals surface area contributed by atoms with Gasteiger partial charge >= 0.3 is 0 Å². The third kappa shape index (κ3) is 3.55. The molecular formula is C11H16BrN3. The van der Waals surface area contributed by atoms with Crippen LogP contribution in [0.3, 0.4) is 0 Å². The molecule has 1 aromatic rings. The molecule has 0 unspecified atom stereocenters. The maximum absolute atomic E-state index is 4.20. The van der Waals surface area contributed by atoms with Crippen molar-refractivity contribution < 1.29 is 0 Å². The molecule has 1 saturated heterocycles. The van der Waals surface area contributed by atoms with Crippen LogP contribution in [0.5, 0.6) is 0 Å². The molecule has 0 amide bonds. The number of hydrogen-bond donors (Lipinski definition) is 2. The van der Waals surface area contributed by atoms with Crippen LogP contribution in [-0.2, 0) is 6.54 Å². The molecule has 1 aliphatic rings. The number of halogens is 1. The topological polar surface area (TPSA) is 37.0 Å². The number of aromatic nitrogens is 1. The van der Waals surface area contributed by atoms with E-state index in [0.29, 0.717) is 6.04 Å². The Labute approximate surface area is 98.8 Å². The zero-order chi connectivity index (χ0) is 10.5. The average molecular weight is 270 g/mol. The fourth-order valence-electron chi connectivity index (χ4n) is 1.80. The lowest BCUT2D eigenvalue weighted by Gasteiger charge is -2.23. The van der Waals surface area contributed by atoms with Crippen LogP contribution < -0.4 is 10.6 Å². The first kappa shape index (κ1) is 11.0. The van der Waals surface area contributed by atoms with Crippen molar-refractivity contribution in [3.63, 3.8) is 0 Å². The fraction of sp³-hybridized carbons (Fsp3) is 0.545. The van der Waals surface area contributed by atoms with Crippen LogP contribution in [0.4, 0.5) is 0 Å². The summed E-state index contributed by atoms with van der Waals surface area (Å²) in [6, 6.07) is 4.69. The van der Waals surface area contributed by atoms with E-state index in [1.54, 1.807) is 0 Å². The maximum atomic E-state index is 4.20. The van der Waals surface area contributed by atoms with Gasteiger partial charge in [-0.3, -0.25) is 0 Å². The highest BCUT2D eigenvalue weighted by molar-refractivity contribution is 9.10. The van der Waals surface area contributed by atoms with Gasteiger partial charge in [0, 0.05) is 25.3 Å². The van der Waals surface area contributed by atoms with Crippen molar-refractivity contribution in [2.45, 2.75) is 25.4 Å². The molecule has 4 heteroatoms. The first-order valence-electron chi connectivity index (χ1n) is 5.39. The molecule has 0 saturated carbocycles. The van der Waals surface area contributed by atoms with E-state index in [1.807, 2.05) is 12.3 Å². The molecule has 0 bridgehead atoms. The van der Waals surface area contributed by atoms with Crippen LogP contribution >= 0.6 is 15.9 Å². The summed E-state index contributed by atoms with van der Waals surface area (Å²) in [5.74, 6) is 0. The summed E-state index contributed by atoms with van der Waals surface area (Å²) in [5.41, 5.74) is 1.24. The van der Waals surface area contributed by atoms with Crippen molar-refractivity contribution in [1.82, 2.24) is 15.6 Å². The van der Waals surface area contributed by atoms with Gasteiger partial charge < -0.3 is 10.6 Å². The molecule has 1 fully saturated rings. The van der Waals surface area contributed by atoms with Gasteiger partial charge in [0.1, 0.15) is 4.60 Å². The Balaban J connectivity index is 1.79. The molecule has 15 heavy (non-hydrogen) atoms. The van der Waals surface area contributed by atoms with Crippen LogP contribution in [0.15, 0.2) is 22.9 Å². The highest BCUT2D eigenvalue weighted by atomic mass is 79.9. The Kier molecular flexibility index (Phi) is 4.11. The molecule has 1 aromatic heterocycles. The molecule has 3 nitrogen and oxygen atoms in total. The minimum absolute atomic E-state index is 0.613. The van der Waals surface area contributed by atoms with Crippen LogP contribution in [0, 0.1) is 0 Å². The maximum Gasteiger partial charge on any atom is 0.106 e. The van der Waals surface area contributed by atoms with Gasteiger partial charge in [-0.25, -0.2) is 4.98 Å². The van der Waals surface area contributed by atoms with Gasteiger partial charge in [-0.05, 0) is 46.9 Å². The second-order valence-electron chi connectivity index (χ2n) is 3.91. The second kappa shape index (κ2) is 5.58. The predicted octanol–water partition coefficient (Wildman–Crippen LogP) is 1.69. The lowest BCUT2D eigenvalue weighted by atomic mass is 10.1. The first-order chi connectivity index (χ1) is 7.34. The fourth-order valence-corrected chi connectivity index (χ4v) is 2.03. The number of piperidine rings is 1. The highest BCUT2D eigenvalue weighted by Gasteiger charge is 2.11. The van der Waals surface area contributed by atoms with E-state index < -0.39 is 0 Å². The van der Waals surface area contributed by atoms with Gasteiger partial charge in [0.2, 0.25) is 0 Å². The van der Waals surface area contributed by atoms with Gasteiger partial charge in [0.25, 0.3) is 0 Å². The van der Waals surface area contributed by atoms with Gasteiger partial charge in [-0.1, -0.05) is 6.07 Å². The predicted molar refractivity (Wildman–Crippen MR) is 64.7 cm³/mol. The SMILES string of the molecule is Brc1ccc(CN[C@H]2CCCNC2)cn1. The Bertz CT molecular complexity index is 293. The van der Waals surface area contributed by atoms with Crippen molar-refractivity contribution in [1.29, 1.82) is 0 Å². The molecule has 0 aromatic carbocycles. The summed E-state index contributed by atoms with van der Waals surface area (Å²) >= 11 is 3.33. The smallest absolute Gasteiger partial charge is 0.106 e. The summed E-state index contributed by atoms with van der Waals surface area (Å²) in [5, 5.41) is 6.93. The molecule has 1 aliphatic heterocycles. The number of rotatable bonds is 3. The normalized spacial score (nSPS) is 21.5. The molecule has 0 aliphatic carbocycles. The van der Waals surface area contributed by atoms with Crippen LogP contribution in [0.2, 0.25) is 0 Å². The second-order valence-corrected chi connectivity index (χ2v) is 4.73. The third-order valence-electron chi connectivity index (χ3n) is 2.68. The summed E-state index contributed by atoms with van der Waals surface area (Å²) in [6.45, 7) is 3.16. The molecule has 2 N–H and O–H groups in total. The van der Waals surface area contributed by atoms with E-state index in [0.717, 1.165) is 24.2 Å². The number of hydrogen-bond acceptors (Lipinski definition) is 3. The van der Waals surface area contributed by atoms with Crippen LogP contribution in [0.1, 0.15) is 18.4 Å². The third-order valence-corrected chi connectivity index (χ3v) is 3.15. The highest BCUT2D eigenvalue weighted by Crippen LogP contribution is 2.07. The summed E-state index contributed by atoms with van der Waals surface area (Å²) < 4.78 is 0.894. The van der Waals surface area contributed by atoms with Crippen molar-refractivity contribution in [3.05, 3.63) is 28.5 Å². The van der Waals surface area contributed by atoms with Gasteiger partial charge in [-0.2, -0.15) is 0 Å². The largest absolute Gasteiger partial charge is 0.315 e. The number of nitrogens with zero attached hydrogens (tertiary/aromatic N) is 1. The van der Waals surface area contributed by atoms with E-state index >= 15 is 0 Å². The minimum Gasteiger partial charge on any atom is -0.315 e. The molecule has 2 rings (SSSR count). The van der Waals surface area contributed by atoms with Gasteiger partial charge in [0.15, 0.2) is 0 Å². The minimum atomic E-state index is 0.613. The molecule has 0 spiro atoms. The van der Waals surface area contributed by atoms with E-state index in [4.69, 9.17) is 0 Å². The van der Waals surface area contributed by atoms with Crippen LogP contribution in [-0.4, -0.2) is 24.1 Å². The van der Waals surface area contributed by atoms with Crippen LogP contribution in [0.25, 0.3) is 0 Å². The number of nitrogens with one attached hydrogen (secondary N) is 2. The van der Waals surface area contributed by atoms with Crippen molar-refractivity contribution >= 4 is 15.9 Å². The van der Waals surface area contributed by atoms with Crippen molar-refractivity contribution in [2.75, 3.05) is 13.1 Å². The Morgan fingerprint density at radius 2 is 2.47 bits per heavy atom. The van der Waals surface area contributed by atoms with Gasteiger partial charge in [0.05, 0.1) is 0 Å². The molecule has 82 valence electrons. The Morgan fingerprint density at radius 3 is 3.13 bits per heavy atom. The van der Waals surface area contributed by atoms with E-state index in [1.165, 1.54) is 18.4 Å². The molecule has 1 atom stereocenters. The van der Waals surface area contributed by atoms with Crippen molar-refractivity contribution in [3.8, 4) is 0 Å². The van der Waals surface area contributed by atoms with Gasteiger partial charge in [-0.15, -0.1) is 0 Å². The Morgan fingerprint density at radius 1 is 1.53 bits per heavy atom. The van der Waals surface area contributed by atoms with E-state index in [2.05, 4.69) is 37.6 Å². The average Bonchev–Trinajstić information content (AvgIpc) is 2.30. The summed E-state index contributed by atoms with van der Waals surface area (Å²) in [7, 11) is 0. The quantitative estimate of drug-likeness (QED) is 0.821. The lowest BCUT2D eigenvalue weighted by Crippen LogP contribution is -2.42. The molecule has 2 heterocycles. The van der Waals surface area contributed by atoms with E-state index in [9.17, 15) is 0 Å². The molecule has 0 radical (unpaired) electrons. The standard InChI is InChI=1S/C11H16BrN3/c12-11-4-3-9(7-15-11)6-14-10-2-1-5-13-8-10/h3-4,7,10,13-14H,1-2,5-6,8H2/t10-/m0/s1. The number of pyridine rings is 1. The summed E-state index contributed by atoms with van der Waals surface area (Å²) in [6.07, 6.45) is 4.46. The lowest BCUT2D eigenvalue weighted by molar-refractivity contribution is 0.389. The first-order valence-corrected chi connectivity index (χ1v) is 6.18. The summed E-state index contributed by atoms with van der Waals surface area (Å²) in [4.78, 5) is 4.20. The zero-order valence-corrected chi connectivity index (χ0v) is 10.3. The Hall–Kier alpha value is -0.450. The molecular weight excluding hydrogens is 254 g/mol. The monoisotopic (exact) mass is 269 g/mol. The zero-order valence-electron chi connectivity index (χ0n) is 8.67. The van der Waals surface area contributed by atoms with E-state index in [-0.39, 0.29) is 0 Å². The van der Waals surface area contributed by atoms with Crippen molar-refractivity contribution in [2.24, 2.45) is 0 Å².